The van der Waals surface area contributed by atoms with Crippen molar-refractivity contribution in [1.82, 2.24) is 5.32 Å². The molecular formula is C20H28N2O3S. The van der Waals surface area contributed by atoms with Crippen LogP contribution < -0.4 is 11.1 Å². The first-order valence-corrected chi connectivity index (χ1v) is 10.6. The van der Waals surface area contributed by atoms with Crippen LogP contribution in [-0.4, -0.2) is 32.4 Å². The van der Waals surface area contributed by atoms with Crippen LogP contribution in [0.25, 0.3) is 0 Å². The highest BCUT2D eigenvalue weighted by Gasteiger charge is 2.13. The zero-order valence-corrected chi connectivity index (χ0v) is 16.0. The lowest BCUT2D eigenvalue weighted by Crippen LogP contribution is -2.22. The van der Waals surface area contributed by atoms with E-state index in [-0.39, 0.29) is 5.75 Å². The number of nitrogens with two attached hydrogens (primary N) is 1. The first-order valence-electron chi connectivity index (χ1n) is 8.98. The van der Waals surface area contributed by atoms with Crippen LogP contribution in [0.5, 0.6) is 0 Å². The number of nitrogen functional groups attached to an aromatic ring is 1. The van der Waals surface area contributed by atoms with Crippen molar-refractivity contribution >= 4 is 15.5 Å². The van der Waals surface area contributed by atoms with Crippen LogP contribution in [-0.2, 0) is 16.3 Å². The van der Waals surface area contributed by atoms with Crippen molar-refractivity contribution in [1.29, 1.82) is 0 Å². The minimum Gasteiger partial charge on any atom is -0.399 e. The van der Waals surface area contributed by atoms with E-state index in [1.54, 1.807) is 31.2 Å². The van der Waals surface area contributed by atoms with Crippen LogP contribution in [0, 0.1) is 0 Å². The third-order valence-corrected chi connectivity index (χ3v) is 6.11. The number of aryl methyl sites for hydroxylation is 1. The Kier molecular flexibility index (Phi) is 7.63. The van der Waals surface area contributed by atoms with Gasteiger partial charge in [-0.05, 0) is 61.2 Å². The van der Waals surface area contributed by atoms with Crippen LogP contribution in [0.15, 0.2) is 53.4 Å². The predicted molar refractivity (Wildman–Crippen MR) is 106 cm³/mol. The molecule has 0 aliphatic carbocycles. The smallest absolute Gasteiger partial charge is 0.178 e. The molecule has 0 radical (unpaired) electrons. The van der Waals surface area contributed by atoms with Gasteiger partial charge in [-0.1, -0.05) is 31.2 Å². The fourth-order valence-corrected chi connectivity index (χ4v) is 3.63. The number of hydrogen-bond donors (Lipinski definition) is 3. The van der Waals surface area contributed by atoms with Gasteiger partial charge in [-0.25, -0.2) is 8.42 Å². The molecule has 0 saturated heterocycles. The van der Waals surface area contributed by atoms with Gasteiger partial charge in [0.15, 0.2) is 9.84 Å². The Bertz CT molecular complexity index is 789. The zero-order valence-electron chi connectivity index (χ0n) is 15.2. The zero-order chi connectivity index (χ0) is 19.0. The lowest BCUT2D eigenvalue weighted by atomic mass is 10.1. The van der Waals surface area contributed by atoms with Crippen molar-refractivity contribution in [2.75, 3.05) is 24.6 Å². The van der Waals surface area contributed by atoms with Gasteiger partial charge >= 0.3 is 0 Å². The van der Waals surface area contributed by atoms with Crippen LogP contribution in [0.3, 0.4) is 0 Å². The number of unbranched alkanes of at least 4 members (excludes halogenated alkanes) is 1. The molecule has 2 aromatic rings. The van der Waals surface area contributed by atoms with Crippen LogP contribution >= 0.6 is 0 Å². The summed E-state index contributed by atoms with van der Waals surface area (Å²) >= 11 is 0. The minimum absolute atomic E-state index is 0.0754. The Hall–Kier alpha value is -1.89. The number of anilines is 1. The Morgan fingerprint density at radius 1 is 1.12 bits per heavy atom. The Labute approximate surface area is 156 Å². The molecule has 0 bridgehead atoms. The maximum atomic E-state index is 11.8. The van der Waals surface area contributed by atoms with E-state index in [4.69, 9.17) is 5.73 Å². The lowest BCUT2D eigenvalue weighted by Gasteiger charge is -2.13. The monoisotopic (exact) mass is 376 g/mol. The summed E-state index contributed by atoms with van der Waals surface area (Å²) in [6.07, 6.45) is 2.40. The molecule has 0 aliphatic rings. The second-order valence-electron chi connectivity index (χ2n) is 6.39. The molecule has 6 heteroatoms. The number of aliphatic hydroxyl groups is 1. The highest BCUT2D eigenvalue weighted by atomic mass is 32.2. The fraction of sp³-hybridized carbons (Fsp3) is 0.400. The summed E-state index contributed by atoms with van der Waals surface area (Å²) in [5.74, 6) is 0.0754. The predicted octanol–water partition coefficient (Wildman–Crippen LogP) is 2.71. The fourth-order valence-electron chi connectivity index (χ4n) is 2.75. The molecule has 5 nitrogen and oxygen atoms in total. The normalized spacial score (nSPS) is 12.8. The molecule has 26 heavy (non-hydrogen) atoms. The lowest BCUT2D eigenvalue weighted by molar-refractivity contribution is 0.174. The van der Waals surface area contributed by atoms with E-state index in [9.17, 15) is 13.5 Å². The van der Waals surface area contributed by atoms with E-state index in [0.29, 0.717) is 17.0 Å². The van der Waals surface area contributed by atoms with Crippen molar-refractivity contribution in [3.8, 4) is 0 Å². The van der Waals surface area contributed by atoms with Gasteiger partial charge in [-0.3, -0.25) is 0 Å². The molecular weight excluding hydrogens is 348 g/mol. The molecule has 142 valence electrons. The van der Waals surface area contributed by atoms with Gasteiger partial charge in [-0.2, -0.15) is 0 Å². The van der Waals surface area contributed by atoms with Gasteiger partial charge in [-0.15, -0.1) is 0 Å². The Morgan fingerprint density at radius 3 is 2.50 bits per heavy atom. The Morgan fingerprint density at radius 2 is 1.85 bits per heavy atom. The van der Waals surface area contributed by atoms with Crippen molar-refractivity contribution in [2.24, 2.45) is 0 Å². The second-order valence-corrected chi connectivity index (χ2v) is 8.67. The van der Waals surface area contributed by atoms with Crippen LogP contribution in [0.1, 0.15) is 37.0 Å². The summed E-state index contributed by atoms with van der Waals surface area (Å²) < 4.78 is 23.6. The standard InChI is InChI=1S/C20H28N2O3S/c1-2-26(24,25)19-11-9-17(10-12-19)20(23)15-22-13-4-3-6-16-7-5-8-18(21)14-16/h5,7-12,14,20,22-23H,2-4,6,13,15,21H2,1H3. The van der Waals surface area contributed by atoms with E-state index in [1.807, 2.05) is 18.2 Å². The number of rotatable bonds is 10. The summed E-state index contributed by atoms with van der Waals surface area (Å²) in [6.45, 7) is 2.88. The highest BCUT2D eigenvalue weighted by Crippen LogP contribution is 2.17. The van der Waals surface area contributed by atoms with Gasteiger partial charge < -0.3 is 16.2 Å². The molecule has 1 atom stereocenters. The van der Waals surface area contributed by atoms with Crippen molar-refractivity contribution in [3.05, 3.63) is 59.7 Å². The Balaban J connectivity index is 1.69. The molecule has 0 fully saturated rings. The molecule has 2 aromatic carbocycles. The number of nitrogens with one attached hydrogen (secondary N) is 1. The molecule has 4 N–H and O–H groups in total. The second kappa shape index (κ2) is 9.71. The number of aliphatic hydroxyl groups excluding tert-OH is 1. The van der Waals surface area contributed by atoms with Gasteiger partial charge in [0.2, 0.25) is 0 Å². The maximum absolute atomic E-state index is 11.8. The van der Waals surface area contributed by atoms with Gasteiger partial charge in [0, 0.05) is 12.2 Å². The van der Waals surface area contributed by atoms with E-state index >= 15 is 0 Å². The van der Waals surface area contributed by atoms with Crippen molar-refractivity contribution in [3.63, 3.8) is 0 Å². The van der Waals surface area contributed by atoms with E-state index in [1.165, 1.54) is 5.56 Å². The molecule has 0 aliphatic heterocycles. The summed E-state index contributed by atoms with van der Waals surface area (Å²) in [4.78, 5) is 0.297. The first-order chi connectivity index (χ1) is 12.4. The highest BCUT2D eigenvalue weighted by molar-refractivity contribution is 7.91. The molecule has 2 rings (SSSR count). The van der Waals surface area contributed by atoms with Crippen molar-refractivity contribution < 1.29 is 13.5 Å². The van der Waals surface area contributed by atoms with E-state index in [0.717, 1.165) is 31.5 Å². The number of benzene rings is 2. The topological polar surface area (TPSA) is 92.4 Å². The number of hydrogen-bond acceptors (Lipinski definition) is 5. The van der Waals surface area contributed by atoms with Crippen molar-refractivity contribution in [2.45, 2.75) is 37.2 Å². The SMILES string of the molecule is CCS(=O)(=O)c1ccc(C(O)CNCCCCc2cccc(N)c2)cc1. The molecule has 0 saturated carbocycles. The van der Waals surface area contributed by atoms with Gasteiger partial charge in [0.1, 0.15) is 0 Å². The average molecular weight is 377 g/mol. The molecule has 0 amide bonds. The van der Waals surface area contributed by atoms with Crippen LogP contribution in [0.2, 0.25) is 0 Å². The van der Waals surface area contributed by atoms with Gasteiger partial charge in [0.25, 0.3) is 0 Å². The quantitative estimate of drug-likeness (QED) is 0.438. The molecule has 0 heterocycles. The third kappa shape index (κ3) is 6.12. The van der Waals surface area contributed by atoms with E-state index in [2.05, 4.69) is 11.4 Å². The van der Waals surface area contributed by atoms with Gasteiger partial charge in [0.05, 0.1) is 16.8 Å². The molecule has 1 unspecified atom stereocenters. The summed E-state index contributed by atoms with van der Waals surface area (Å²) in [5, 5.41) is 13.5. The number of sulfone groups is 1. The van der Waals surface area contributed by atoms with E-state index < -0.39 is 15.9 Å². The first kappa shape index (κ1) is 20.4. The summed E-state index contributed by atoms with van der Waals surface area (Å²) in [5.41, 5.74) is 8.52. The van der Waals surface area contributed by atoms with Crippen LogP contribution in [0.4, 0.5) is 5.69 Å². The average Bonchev–Trinajstić information content (AvgIpc) is 2.64. The molecule has 0 spiro atoms. The third-order valence-electron chi connectivity index (χ3n) is 4.36. The molecule has 0 aromatic heterocycles. The summed E-state index contributed by atoms with van der Waals surface area (Å²) in [6, 6.07) is 14.4. The largest absolute Gasteiger partial charge is 0.399 e. The minimum atomic E-state index is -3.20. The maximum Gasteiger partial charge on any atom is 0.178 e. The summed E-state index contributed by atoms with van der Waals surface area (Å²) in [7, 11) is -3.20.